The summed E-state index contributed by atoms with van der Waals surface area (Å²) in [7, 11) is 2.01. The highest BCUT2D eigenvalue weighted by Crippen LogP contribution is 2.33. The summed E-state index contributed by atoms with van der Waals surface area (Å²) >= 11 is 1.29. The van der Waals surface area contributed by atoms with E-state index in [-0.39, 0.29) is 22.8 Å². The summed E-state index contributed by atoms with van der Waals surface area (Å²) in [4.78, 5) is 20.0. The Kier molecular flexibility index (Phi) is 8.80. The highest BCUT2D eigenvalue weighted by molar-refractivity contribution is 7.09. The molecule has 1 saturated heterocycles. The van der Waals surface area contributed by atoms with Crippen LogP contribution in [0.25, 0.3) is 0 Å². The Morgan fingerprint density at radius 2 is 2.00 bits per heavy atom. The predicted octanol–water partition coefficient (Wildman–Crippen LogP) is 5.67. The predicted molar refractivity (Wildman–Crippen MR) is 131 cm³/mol. The molecule has 1 aliphatic rings. The molecule has 0 saturated carbocycles. The second kappa shape index (κ2) is 11.2. The summed E-state index contributed by atoms with van der Waals surface area (Å²) in [5, 5.41) is 5.43. The van der Waals surface area contributed by atoms with Gasteiger partial charge >= 0.3 is 6.18 Å². The molecule has 0 spiro atoms. The number of likely N-dealkylation sites (tertiary alicyclic amines) is 1. The van der Waals surface area contributed by atoms with Crippen molar-refractivity contribution < 1.29 is 22.7 Å². The SMILES string of the molecule is CCCCn1nc(C(C)(C)C)sc1=NC(=O)c1cc(C(F)(F)F)ccc1OCC1CCCCN1C. The van der Waals surface area contributed by atoms with Crippen LogP contribution < -0.4 is 9.54 Å². The molecule has 1 unspecified atom stereocenters. The first-order valence-electron chi connectivity index (χ1n) is 12.1. The number of hydrogen-bond donors (Lipinski definition) is 0. The van der Waals surface area contributed by atoms with E-state index in [1.807, 2.05) is 27.8 Å². The van der Waals surface area contributed by atoms with Gasteiger partial charge in [0.15, 0.2) is 0 Å². The summed E-state index contributed by atoms with van der Waals surface area (Å²) in [6, 6.07) is 3.17. The maximum absolute atomic E-state index is 13.5. The fraction of sp³-hybridized carbons (Fsp3) is 0.640. The van der Waals surface area contributed by atoms with Gasteiger partial charge in [-0.05, 0) is 51.1 Å². The van der Waals surface area contributed by atoms with Crippen molar-refractivity contribution in [3.05, 3.63) is 39.1 Å². The molecule has 0 bridgehead atoms. The van der Waals surface area contributed by atoms with Gasteiger partial charge in [-0.2, -0.15) is 23.3 Å². The van der Waals surface area contributed by atoms with E-state index in [1.54, 1.807) is 4.68 Å². The smallest absolute Gasteiger partial charge is 0.416 e. The zero-order chi connectivity index (χ0) is 25.8. The summed E-state index contributed by atoms with van der Waals surface area (Å²) in [6.45, 7) is 9.92. The van der Waals surface area contributed by atoms with Gasteiger partial charge in [0.2, 0.25) is 4.80 Å². The van der Waals surface area contributed by atoms with Gasteiger partial charge in [-0.3, -0.25) is 4.79 Å². The molecule has 1 fully saturated rings. The molecular formula is C25H35F3N4O2S. The summed E-state index contributed by atoms with van der Waals surface area (Å²) in [5.41, 5.74) is -1.34. The van der Waals surface area contributed by atoms with Gasteiger partial charge in [-0.15, -0.1) is 0 Å². The standard InChI is InChI=1S/C25H35F3N4O2S/c1-6-7-14-32-23(35-22(30-32)24(2,3)4)29-21(33)19-15-17(25(26,27)28)11-12-20(19)34-16-18-10-8-9-13-31(18)5/h11-12,15,18H,6-10,13-14,16H2,1-5H3. The molecule has 1 aromatic carbocycles. The van der Waals surface area contributed by atoms with Crippen LogP contribution in [0.3, 0.4) is 0 Å². The van der Waals surface area contributed by atoms with E-state index in [4.69, 9.17) is 4.74 Å². The number of piperidine rings is 1. The zero-order valence-corrected chi connectivity index (χ0v) is 21.9. The first kappa shape index (κ1) is 27.4. The van der Waals surface area contributed by atoms with E-state index in [2.05, 4.69) is 21.9 Å². The van der Waals surface area contributed by atoms with Gasteiger partial charge in [-0.1, -0.05) is 51.9 Å². The lowest BCUT2D eigenvalue weighted by atomic mass is 9.98. The summed E-state index contributed by atoms with van der Waals surface area (Å²) in [6.07, 6.45) is 0.331. The molecule has 0 N–H and O–H groups in total. The second-order valence-corrected chi connectivity index (χ2v) is 11.0. The van der Waals surface area contributed by atoms with E-state index in [0.29, 0.717) is 18.0 Å². The Morgan fingerprint density at radius 3 is 2.63 bits per heavy atom. The molecule has 1 atom stereocenters. The number of likely N-dealkylation sites (N-methyl/N-ethyl adjacent to an activating group) is 1. The van der Waals surface area contributed by atoms with Crippen LogP contribution in [0.1, 0.15) is 80.7 Å². The van der Waals surface area contributed by atoms with Crippen LogP contribution >= 0.6 is 11.3 Å². The van der Waals surface area contributed by atoms with Gasteiger partial charge < -0.3 is 9.64 Å². The van der Waals surface area contributed by atoms with Crippen molar-refractivity contribution >= 4 is 17.2 Å². The monoisotopic (exact) mass is 512 g/mol. The van der Waals surface area contributed by atoms with Crippen molar-refractivity contribution in [3.8, 4) is 5.75 Å². The van der Waals surface area contributed by atoms with E-state index in [0.717, 1.165) is 55.8 Å². The number of hydrogen-bond acceptors (Lipinski definition) is 5. The largest absolute Gasteiger partial charge is 0.491 e. The molecule has 0 aliphatic carbocycles. The van der Waals surface area contributed by atoms with Gasteiger partial charge in [0.05, 0.1) is 11.1 Å². The molecule has 10 heteroatoms. The zero-order valence-electron chi connectivity index (χ0n) is 21.1. The van der Waals surface area contributed by atoms with Crippen LogP contribution in [-0.4, -0.2) is 46.8 Å². The molecule has 2 aromatic rings. The molecule has 35 heavy (non-hydrogen) atoms. The quantitative estimate of drug-likeness (QED) is 0.480. The first-order chi connectivity index (χ1) is 16.4. The van der Waals surface area contributed by atoms with E-state index >= 15 is 0 Å². The second-order valence-electron chi connectivity index (χ2n) is 10.1. The van der Waals surface area contributed by atoms with Crippen LogP contribution in [0.2, 0.25) is 0 Å². The number of aromatic nitrogens is 2. The fourth-order valence-corrected chi connectivity index (χ4v) is 4.82. The minimum Gasteiger partial charge on any atom is -0.491 e. The summed E-state index contributed by atoms with van der Waals surface area (Å²) in [5.74, 6) is -0.649. The molecule has 0 radical (unpaired) electrons. The number of rotatable bonds is 7. The van der Waals surface area contributed by atoms with E-state index < -0.39 is 17.6 Å². The van der Waals surface area contributed by atoms with Crippen molar-refractivity contribution in [2.75, 3.05) is 20.2 Å². The third-order valence-electron chi connectivity index (χ3n) is 6.07. The minimum absolute atomic E-state index is 0.117. The number of halogens is 3. The summed E-state index contributed by atoms with van der Waals surface area (Å²) < 4.78 is 48.0. The lowest BCUT2D eigenvalue weighted by Gasteiger charge is -2.32. The third-order valence-corrected chi connectivity index (χ3v) is 7.44. The molecule has 194 valence electrons. The number of unbranched alkanes of at least 4 members (excludes halogenated alkanes) is 1. The number of nitrogens with zero attached hydrogens (tertiary/aromatic N) is 4. The number of carbonyl (C=O) groups excluding carboxylic acids is 1. The highest BCUT2D eigenvalue weighted by Gasteiger charge is 2.32. The third kappa shape index (κ3) is 7.16. The van der Waals surface area contributed by atoms with E-state index in [9.17, 15) is 18.0 Å². The van der Waals surface area contributed by atoms with Gasteiger partial charge in [0, 0.05) is 18.0 Å². The highest BCUT2D eigenvalue weighted by atomic mass is 32.1. The van der Waals surface area contributed by atoms with Crippen LogP contribution in [0.15, 0.2) is 23.2 Å². The maximum Gasteiger partial charge on any atom is 0.416 e. The number of aryl methyl sites for hydroxylation is 1. The van der Waals surface area contributed by atoms with Gasteiger partial charge in [-0.25, -0.2) is 4.68 Å². The van der Waals surface area contributed by atoms with Crippen molar-refractivity contribution in [2.45, 2.75) is 84.0 Å². The average Bonchev–Trinajstić information content (AvgIpc) is 3.19. The molecule has 1 aliphatic heterocycles. The Labute approximate surface area is 208 Å². The fourth-order valence-electron chi connectivity index (χ4n) is 3.84. The van der Waals surface area contributed by atoms with Crippen LogP contribution in [0.5, 0.6) is 5.75 Å². The number of ether oxygens (including phenoxy) is 1. The van der Waals surface area contributed by atoms with Gasteiger partial charge in [0.1, 0.15) is 17.4 Å². The lowest BCUT2D eigenvalue weighted by Crippen LogP contribution is -2.40. The number of amides is 1. The number of benzene rings is 1. The lowest BCUT2D eigenvalue weighted by molar-refractivity contribution is -0.137. The Balaban J connectivity index is 1.99. The molecule has 1 aromatic heterocycles. The van der Waals surface area contributed by atoms with Crippen LogP contribution in [-0.2, 0) is 18.1 Å². The topological polar surface area (TPSA) is 59.7 Å². The van der Waals surface area contributed by atoms with Crippen molar-refractivity contribution in [2.24, 2.45) is 4.99 Å². The number of carbonyl (C=O) groups is 1. The molecular weight excluding hydrogens is 477 g/mol. The minimum atomic E-state index is -4.58. The average molecular weight is 513 g/mol. The van der Waals surface area contributed by atoms with Crippen molar-refractivity contribution in [1.82, 2.24) is 14.7 Å². The molecule has 1 amide bonds. The van der Waals surface area contributed by atoms with Gasteiger partial charge in [0.25, 0.3) is 5.91 Å². The van der Waals surface area contributed by atoms with Crippen LogP contribution in [0.4, 0.5) is 13.2 Å². The Bertz CT molecular complexity index is 1090. The van der Waals surface area contributed by atoms with Crippen molar-refractivity contribution in [1.29, 1.82) is 0 Å². The number of alkyl halides is 3. The first-order valence-corrected chi connectivity index (χ1v) is 12.9. The Morgan fingerprint density at radius 1 is 1.26 bits per heavy atom. The Hall–Kier alpha value is -2.20. The molecule has 3 rings (SSSR count). The van der Waals surface area contributed by atoms with E-state index in [1.165, 1.54) is 17.4 Å². The normalized spacial score (nSPS) is 18.2. The van der Waals surface area contributed by atoms with Crippen LogP contribution in [0, 0.1) is 0 Å². The maximum atomic E-state index is 13.5. The van der Waals surface area contributed by atoms with Crippen molar-refractivity contribution in [3.63, 3.8) is 0 Å². The molecule has 2 heterocycles. The molecule has 6 nitrogen and oxygen atoms in total.